The number of nitrogens with one attached hydrogen (secondary N) is 1. The summed E-state index contributed by atoms with van der Waals surface area (Å²) in [5.74, 6) is 0. The number of benzene rings is 1. The van der Waals surface area contributed by atoms with E-state index in [0.717, 1.165) is 28.9 Å². The normalized spacial score (nSPS) is 10.7. The molecule has 0 radical (unpaired) electrons. The molecule has 4 heteroatoms. The van der Waals surface area contributed by atoms with Gasteiger partial charge in [0.15, 0.2) is 0 Å². The van der Waals surface area contributed by atoms with Gasteiger partial charge in [-0.25, -0.2) is 0 Å². The van der Waals surface area contributed by atoms with Crippen molar-refractivity contribution in [1.82, 2.24) is 9.78 Å². The fourth-order valence-electron chi connectivity index (χ4n) is 1.95. The zero-order valence-corrected chi connectivity index (χ0v) is 12.6. The van der Waals surface area contributed by atoms with Gasteiger partial charge < -0.3 is 5.32 Å². The molecule has 1 aromatic carbocycles. The van der Waals surface area contributed by atoms with Crippen LogP contribution in [0.3, 0.4) is 0 Å². The van der Waals surface area contributed by atoms with Gasteiger partial charge in [0.2, 0.25) is 0 Å². The molecule has 1 aromatic heterocycles. The Balaban J connectivity index is 1.94. The first-order chi connectivity index (χ1) is 8.58. The number of nitrogens with zero attached hydrogens (tertiary/aromatic N) is 2. The van der Waals surface area contributed by atoms with Crippen molar-refractivity contribution >= 4 is 21.6 Å². The predicted octanol–water partition coefficient (Wildman–Crippen LogP) is 3.68. The third-order valence-corrected chi connectivity index (χ3v) is 4.11. The molecule has 0 saturated heterocycles. The van der Waals surface area contributed by atoms with Gasteiger partial charge in [0.05, 0.1) is 16.7 Å². The molecule has 0 fully saturated rings. The van der Waals surface area contributed by atoms with E-state index in [4.69, 9.17) is 0 Å². The fourth-order valence-corrected chi connectivity index (χ4v) is 2.24. The molecular weight excluding hydrogens is 290 g/mol. The van der Waals surface area contributed by atoms with Crippen molar-refractivity contribution in [3.63, 3.8) is 0 Å². The lowest BCUT2D eigenvalue weighted by Gasteiger charge is -2.08. The third-order valence-electron chi connectivity index (χ3n) is 2.96. The van der Waals surface area contributed by atoms with E-state index in [1.807, 2.05) is 11.6 Å². The first kappa shape index (κ1) is 13.1. The Morgan fingerprint density at radius 1 is 1.28 bits per heavy atom. The second-order valence-corrected chi connectivity index (χ2v) is 5.30. The molecule has 3 nitrogen and oxygen atoms in total. The van der Waals surface area contributed by atoms with E-state index >= 15 is 0 Å². The highest BCUT2D eigenvalue weighted by atomic mass is 79.9. The van der Waals surface area contributed by atoms with Gasteiger partial charge in [-0.05, 0) is 54.4 Å². The predicted molar refractivity (Wildman–Crippen MR) is 79.1 cm³/mol. The third kappa shape index (κ3) is 2.93. The summed E-state index contributed by atoms with van der Waals surface area (Å²) in [4.78, 5) is 0. The van der Waals surface area contributed by atoms with Gasteiger partial charge in [-0.2, -0.15) is 5.10 Å². The second kappa shape index (κ2) is 5.57. The van der Waals surface area contributed by atoms with E-state index in [2.05, 4.69) is 64.5 Å². The molecule has 0 atom stereocenters. The van der Waals surface area contributed by atoms with E-state index in [-0.39, 0.29) is 0 Å². The Labute approximate surface area is 116 Å². The lowest BCUT2D eigenvalue weighted by atomic mass is 10.2. The van der Waals surface area contributed by atoms with Crippen LogP contribution in [-0.2, 0) is 6.54 Å². The first-order valence-electron chi connectivity index (χ1n) is 6.08. The molecule has 0 amide bonds. The summed E-state index contributed by atoms with van der Waals surface area (Å²) in [5, 5.41) is 7.90. The molecule has 0 aliphatic heterocycles. The summed E-state index contributed by atoms with van der Waals surface area (Å²) in [6, 6.07) is 8.40. The minimum Gasteiger partial charge on any atom is -0.383 e. The lowest BCUT2D eigenvalue weighted by Crippen LogP contribution is -2.12. The molecule has 0 aliphatic rings. The van der Waals surface area contributed by atoms with Crippen LogP contribution in [0.2, 0.25) is 0 Å². The molecule has 2 aromatic rings. The van der Waals surface area contributed by atoms with E-state index in [1.165, 1.54) is 11.3 Å². The van der Waals surface area contributed by atoms with Crippen molar-refractivity contribution in [3.8, 4) is 0 Å². The molecule has 1 heterocycles. The Morgan fingerprint density at radius 2 is 2.06 bits per heavy atom. The summed E-state index contributed by atoms with van der Waals surface area (Å²) in [7, 11) is 0. The van der Waals surface area contributed by atoms with Crippen molar-refractivity contribution in [2.75, 3.05) is 11.9 Å². The minimum absolute atomic E-state index is 0.867. The number of hydrogen-bond donors (Lipinski definition) is 1. The molecular formula is C14H18BrN3. The number of rotatable bonds is 4. The Hall–Kier alpha value is -1.29. The van der Waals surface area contributed by atoms with Gasteiger partial charge in [-0.3, -0.25) is 4.68 Å². The maximum atomic E-state index is 4.49. The molecule has 0 unspecified atom stereocenters. The molecule has 96 valence electrons. The van der Waals surface area contributed by atoms with Crippen molar-refractivity contribution in [1.29, 1.82) is 0 Å². The van der Waals surface area contributed by atoms with Crippen LogP contribution in [0, 0.1) is 20.8 Å². The van der Waals surface area contributed by atoms with E-state index in [0.29, 0.717) is 0 Å². The Kier molecular flexibility index (Phi) is 4.07. The van der Waals surface area contributed by atoms with E-state index in [1.54, 1.807) is 0 Å². The highest BCUT2D eigenvalue weighted by Crippen LogP contribution is 2.19. The van der Waals surface area contributed by atoms with Crippen LogP contribution < -0.4 is 5.32 Å². The van der Waals surface area contributed by atoms with Gasteiger partial charge in [0.25, 0.3) is 0 Å². The van der Waals surface area contributed by atoms with Crippen LogP contribution in [0.5, 0.6) is 0 Å². The van der Waals surface area contributed by atoms with Crippen LogP contribution in [0.15, 0.2) is 28.7 Å². The number of aryl methyl sites for hydroxylation is 2. The molecule has 0 saturated carbocycles. The zero-order valence-electron chi connectivity index (χ0n) is 11.0. The van der Waals surface area contributed by atoms with Crippen molar-refractivity contribution < 1.29 is 0 Å². The van der Waals surface area contributed by atoms with Crippen LogP contribution in [0.25, 0.3) is 0 Å². The summed E-state index contributed by atoms with van der Waals surface area (Å²) < 4.78 is 3.14. The van der Waals surface area contributed by atoms with Crippen molar-refractivity contribution in [3.05, 3.63) is 45.7 Å². The first-order valence-corrected chi connectivity index (χ1v) is 6.87. The van der Waals surface area contributed by atoms with E-state index < -0.39 is 0 Å². The van der Waals surface area contributed by atoms with Gasteiger partial charge >= 0.3 is 0 Å². The number of halogens is 1. The molecule has 2 rings (SSSR count). The molecule has 0 aliphatic carbocycles. The molecule has 1 N–H and O–H groups in total. The Morgan fingerprint density at radius 3 is 2.67 bits per heavy atom. The van der Waals surface area contributed by atoms with Crippen LogP contribution in [0.1, 0.15) is 17.0 Å². The summed E-state index contributed by atoms with van der Waals surface area (Å²) in [6.07, 6.45) is 0. The SMILES string of the molecule is Cc1cccc(NCCn2nc(C)c(Br)c2C)c1. The van der Waals surface area contributed by atoms with Gasteiger partial charge in [-0.1, -0.05) is 12.1 Å². The number of hydrogen-bond acceptors (Lipinski definition) is 2. The highest BCUT2D eigenvalue weighted by molar-refractivity contribution is 9.10. The maximum Gasteiger partial charge on any atom is 0.0738 e. The van der Waals surface area contributed by atoms with Crippen molar-refractivity contribution in [2.24, 2.45) is 0 Å². The summed E-state index contributed by atoms with van der Waals surface area (Å²) in [6.45, 7) is 7.94. The average molecular weight is 308 g/mol. The zero-order chi connectivity index (χ0) is 13.1. The molecule has 18 heavy (non-hydrogen) atoms. The smallest absolute Gasteiger partial charge is 0.0738 e. The minimum atomic E-state index is 0.867. The number of aromatic nitrogens is 2. The average Bonchev–Trinajstić information content (AvgIpc) is 2.57. The van der Waals surface area contributed by atoms with Crippen LogP contribution >= 0.6 is 15.9 Å². The quantitative estimate of drug-likeness (QED) is 0.933. The maximum absolute atomic E-state index is 4.49. The van der Waals surface area contributed by atoms with Gasteiger partial charge in [-0.15, -0.1) is 0 Å². The topological polar surface area (TPSA) is 29.9 Å². The summed E-state index contributed by atoms with van der Waals surface area (Å²) in [5.41, 5.74) is 4.66. The van der Waals surface area contributed by atoms with Crippen molar-refractivity contribution in [2.45, 2.75) is 27.3 Å². The summed E-state index contributed by atoms with van der Waals surface area (Å²) >= 11 is 3.54. The molecule has 0 bridgehead atoms. The van der Waals surface area contributed by atoms with Gasteiger partial charge in [0.1, 0.15) is 0 Å². The highest BCUT2D eigenvalue weighted by Gasteiger charge is 2.07. The standard InChI is InChI=1S/C14H18BrN3/c1-10-5-4-6-13(9-10)16-7-8-18-12(3)14(15)11(2)17-18/h4-6,9,16H,7-8H2,1-3H3. The monoisotopic (exact) mass is 307 g/mol. The second-order valence-electron chi connectivity index (χ2n) is 4.50. The largest absolute Gasteiger partial charge is 0.383 e. The number of anilines is 1. The lowest BCUT2D eigenvalue weighted by molar-refractivity contribution is 0.615. The van der Waals surface area contributed by atoms with E-state index in [9.17, 15) is 0 Å². The van der Waals surface area contributed by atoms with Gasteiger partial charge in [0, 0.05) is 17.9 Å². The fraction of sp³-hybridized carbons (Fsp3) is 0.357. The van der Waals surface area contributed by atoms with Crippen LogP contribution in [-0.4, -0.2) is 16.3 Å². The molecule has 0 spiro atoms. The van der Waals surface area contributed by atoms with Crippen LogP contribution in [0.4, 0.5) is 5.69 Å². The Bertz CT molecular complexity index is 546.